The molecule has 0 aromatic carbocycles. The van der Waals surface area contributed by atoms with Gasteiger partial charge in [-0.25, -0.2) is 0 Å². The van der Waals surface area contributed by atoms with Gasteiger partial charge in [-0.2, -0.15) is 0 Å². The van der Waals surface area contributed by atoms with Crippen molar-refractivity contribution < 1.29 is 10.2 Å². The van der Waals surface area contributed by atoms with Crippen molar-refractivity contribution in [2.75, 3.05) is 6.61 Å². The number of rotatable bonds is 8. The third-order valence-electron chi connectivity index (χ3n) is 2.73. The Morgan fingerprint density at radius 2 is 1.69 bits per heavy atom. The molecule has 1 unspecified atom stereocenters. The zero-order chi connectivity index (χ0) is 10.2. The van der Waals surface area contributed by atoms with E-state index in [2.05, 4.69) is 6.92 Å². The summed E-state index contributed by atoms with van der Waals surface area (Å²) in [5.74, 6) is 0. The Morgan fingerprint density at radius 1 is 1.00 bits per heavy atom. The predicted octanol–water partition coefficient (Wildman–Crippen LogP) is 2.48. The molecule has 0 heterocycles. The highest BCUT2D eigenvalue weighted by atomic mass is 16.3. The standard InChI is InChI=1S/C11H24O2/c1-3-5-6-7-8-11(13,4-2)9-10-12/h12-13H,3-10H2,1-2H3. The second-order valence-corrected chi connectivity index (χ2v) is 3.86. The van der Waals surface area contributed by atoms with Crippen molar-refractivity contribution in [1.29, 1.82) is 0 Å². The SMILES string of the molecule is CCCCCCC(O)(CC)CCO. The van der Waals surface area contributed by atoms with Crippen molar-refractivity contribution in [3.63, 3.8) is 0 Å². The fourth-order valence-electron chi connectivity index (χ4n) is 1.57. The van der Waals surface area contributed by atoms with Crippen LogP contribution in [0.2, 0.25) is 0 Å². The van der Waals surface area contributed by atoms with E-state index in [1.165, 1.54) is 19.3 Å². The predicted molar refractivity (Wildman–Crippen MR) is 55.7 cm³/mol. The van der Waals surface area contributed by atoms with E-state index < -0.39 is 5.60 Å². The van der Waals surface area contributed by atoms with Gasteiger partial charge in [-0.15, -0.1) is 0 Å². The van der Waals surface area contributed by atoms with Gasteiger partial charge >= 0.3 is 0 Å². The molecule has 2 nitrogen and oxygen atoms in total. The van der Waals surface area contributed by atoms with Crippen LogP contribution in [-0.4, -0.2) is 22.4 Å². The van der Waals surface area contributed by atoms with Gasteiger partial charge in [-0.1, -0.05) is 39.5 Å². The zero-order valence-electron chi connectivity index (χ0n) is 9.05. The van der Waals surface area contributed by atoms with Gasteiger partial charge in [0.2, 0.25) is 0 Å². The minimum absolute atomic E-state index is 0.0954. The van der Waals surface area contributed by atoms with E-state index in [1.54, 1.807) is 0 Å². The lowest BCUT2D eigenvalue weighted by molar-refractivity contribution is 0.00226. The van der Waals surface area contributed by atoms with Crippen LogP contribution >= 0.6 is 0 Å². The summed E-state index contributed by atoms with van der Waals surface area (Å²) in [6.45, 7) is 4.26. The van der Waals surface area contributed by atoms with Gasteiger partial charge in [-0.05, 0) is 19.3 Å². The third kappa shape index (κ3) is 6.05. The first-order valence-corrected chi connectivity index (χ1v) is 5.51. The average Bonchev–Trinajstić information content (AvgIpc) is 2.13. The molecule has 0 spiro atoms. The molecule has 0 radical (unpaired) electrons. The molecule has 0 aliphatic rings. The van der Waals surface area contributed by atoms with E-state index in [9.17, 15) is 5.11 Å². The third-order valence-corrected chi connectivity index (χ3v) is 2.73. The smallest absolute Gasteiger partial charge is 0.0667 e. The van der Waals surface area contributed by atoms with Crippen molar-refractivity contribution >= 4 is 0 Å². The van der Waals surface area contributed by atoms with Gasteiger partial charge in [0.1, 0.15) is 0 Å². The van der Waals surface area contributed by atoms with Crippen LogP contribution in [0.25, 0.3) is 0 Å². The molecule has 80 valence electrons. The van der Waals surface area contributed by atoms with Crippen LogP contribution in [0.4, 0.5) is 0 Å². The number of unbranched alkanes of at least 4 members (excludes halogenated alkanes) is 3. The maximum Gasteiger partial charge on any atom is 0.0667 e. The Kier molecular flexibility index (Phi) is 7.29. The number of aliphatic hydroxyl groups excluding tert-OH is 1. The first kappa shape index (κ1) is 12.9. The van der Waals surface area contributed by atoms with Gasteiger partial charge in [0.15, 0.2) is 0 Å². The molecule has 0 amide bonds. The normalized spacial score (nSPS) is 15.7. The maximum absolute atomic E-state index is 9.96. The molecule has 13 heavy (non-hydrogen) atoms. The largest absolute Gasteiger partial charge is 0.396 e. The molecular weight excluding hydrogens is 164 g/mol. The second-order valence-electron chi connectivity index (χ2n) is 3.86. The van der Waals surface area contributed by atoms with Crippen LogP contribution < -0.4 is 0 Å². The number of aliphatic hydroxyl groups is 2. The minimum atomic E-state index is -0.609. The lowest BCUT2D eigenvalue weighted by Crippen LogP contribution is -2.28. The van der Waals surface area contributed by atoms with Crippen LogP contribution in [0, 0.1) is 0 Å². The van der Waals surface area contributed by atoms with E-state index in [1.807, 2.05) is 6.92 Å². The number of hydrogen-bond donors (Lipinski definition) is 2. The first-order valence-electron chi connectivity index (χ1n) is 5.51. The molecule has 0 bridgehead atoms. The molecule has 2 N–H and O–H groups in total. The van der Waals surface area contributed by atoms with E-state index in [-0.39, 0.29) is 6.61 Å². The lowest BCUT2D eigenvalue weighted by atomic mass is 9.90. The summed E-state index contributed by atoms with van der Waals surface area (Å²) < 4.78 is 0. The van der Waals surface area contributed by atoms with E-state index in [0.29, 0.717) is 6.42 Å². The van der Waals surface area contributed by atoms with Crippen molar-refractivity contribution in [3.8, 4) is 0 Å². The molecule has 0 aromatic heterocycles. The minimum Gasteiger partial charge on any atom is -0.396 e. The van der Waals surface area contributed by atoms with Crippen LogP contribution in [0.1, 0.15) is 58.8 Å². The van der Waals surface area contributed by atoms with Crippen molar-refractivity contribution in [2.24, 2.45) is 0 Å². The quantitative estimate of drug-likeness (QED) is 0.574. The summed E-state index contributed by atoms with van der Waals surface area (Å²) in [5, 5.41) is 18.7. The summed E-state index contributed by atoms with van der Waals surface area (Å²) in [4.78, 5) is 0. The highest BCUT2D eigenvalue weighted by Crippen LogP contribution is 2.22. The van der Waals surface area contributed by atoms with Crippen LogP contribution in [0.5, 0.6) is 0 Å². The fourth-order valence-corrected chi connectivity index (χ4v) is 1.57. The van der Waals surface area contributed by atoms with Gasteiger partial charge < -0.3 is 10.2 Å². The van der Waals surface area contributed by atoms with Crippen LogP contribution in [0.15, 0.2) is 0 Å². The summed E-state index contributed by atoms with van der Waals surface area (Å²) in [6, 6.07) is 0. The summed E-state index contributed by atoms with van der Waals surface area (Å²) in [6.07, 6.45) is 6.87. The molecule has 0 aliphatic carbocycles. The van der Waals surface area contributed by atoms with Crippen LogP contribution in [-0.2, 0) is 0 Å². The zero-order valence-corrected chi connectivity index (χ0v) is 9.05. The van der Waals surface area contributed by atoms with Crippen LogP contribution in [0.3, 0.4) is 0 Å². The Labute approximate surface area is 82.0 Å². The fraction of sp³-hybridized carbons (Fsp3) is 1.00. The molecule has 1 atom stereocenters. The Hall–Kier alpha value is -0.0800. The summed E-state index contributed by atoms with van der Waals surface area (Å²) >= 11 is 0. The highest BCUT2D eigenvalue weighted by molar-refractivity contribution is 4.75. The Bertz CT molecular complexity index is 115. The van der Waals surface area contributed by atoms with Crippen molar-refractivity contribution in [1.82, 2.24) is 0 Å². The van der Waals surface area contributed by atoms with Gasteiger partial charge in [0.05, 0.1) is 5.60 Å². The Balaban J connectivity index is 3.57. The highest BCUT2D eigenvalue weighted by Gasteiger charge is 2.22. The molecule has 0 saturated heterocycles. The van der Waals surface area contributed by atoms with E-state index >= 15 is 0 Å². The van der Waals surface area contributed by atoms with Crippen molar-refractivity contribution in [3.05, 3.63) is 0 Å². The molecular formula is C11H24O2. The molecule has 0 rings (SSSR count). The molecule has 0 saturated carbocycles. The second kappa shape index (κ2) is 7.34. The monoisotopic (exact) mass is 188 g/mol. The van der Waals surface area contributed by atoms with Gasteiger partial charge in [0, 0.05) is 6.61 Å². The lowest BCUT2D eigenvalue weighted by Gasteiger charge is -2.25. The number of hydrogen-bond acceptors (Lipinski definition) is 2. The molecule has 0 aromatic rings. The summed E-state index contributed by atoms with van der Waals surface area (Å²) in [5.41, 5.74) is -0.609. The molecule has 0 aliphatic heterocycles. The Morgan fingerprint density at radius 3 is 2.15 bits per heavy atom. The topological polar surface area (TPSA) is 40.5 Å². The van der Waals surface area contributed by atoms with Gasteiger partial charge in [-0.3, -0.25) is 0 Å². The maximum atomic E-state index is 9.96. The molecule has 0 fully saturated rings. The first-order chi connectivity index (χ1) is 6.18. The van der Waals surface area contributed by atoms with Crippen molar-refractivity contribution in [2.45, 2.75) is 64.4 Å². The molecule has 2 heteroatoms. The average molecular weight is 188 g/mol. The van der Waals surface area contributed by atoms with E-state index in [0.717, 1.165) is 19.3 Å². The summed E-state index contributed by atoms with van der Waals surface area (Å²) in [7, 11) is 0. The van der Waals surface area contributed by atoms with Gasteiger partial charge in [0.25, 0.3) is 0 Å². The van der Waals surface area contributed by atoms with E-state index in [4.69, 9.17) is 5.11 Å².